The van der Waals surface area contributed by atoms with Crippen molar-refractivity contribution in [2.45, 2.75) is 124 Å². The summed E-state index contributed by atoms with van der Waals surface area (Å²) in [5.41, 5.74) is 24.4. The number of rotatable bonds is 6. The summed E-state index contributed by atoms with van der Waals surface area (Å²) < 4.78 is 0. The third-order valence-electron chi connectivity index (χ3n) is 14.2. The van der Waals surface area contributed by atoms with Gasteiger partial charge in [0.2, 0.25) is 0 Å². The van der Waals surface area contributed by atoms with Crippen LogP contribution in [0.2, 0.25) is 0 Å². The molecule has 1 unspecified atom stereocenters. The van der Waals surface area contributed by atoms with Crippen LogP contribution in [0.3, 0.4) is 0 Å². The van der Waals surface area contributed by atoms with Gasteiger partial charge in [-0.25, -0.2) is 0 Å². The van der Waals surface area contributed by atoms with Crippen LogP contribution in [0.15, 0.2) is 145 Å². The monoisotopic (exact) mass is 787 g/mol. The Morgan fingerprint density at radius 1 is 0.533 bits per heavy atom. The summed E-state index contributed by atoms with van der Waals surface area (Å²) in [5, 5.41) is 0. The van der Waals surface area contributed by atoms with E-state index in [-0.39, 0.29) is 10.8 Å². The Balaban J connectivity index is 0.000000159. The van der Waals surface area contributed by atoms with Crippen molar-refractivity contribution in [2.24, 2.45) is 5.92 Å². The molecule has 0 bridgehead atoms. The van der Waals surface area contributed by atoms with E-state index in [1.54, 1.807) is 11.1 Å². The molecular weight excluding hydrogens is 721 g/mol. The van der Waals surface area contributed by atoms with Crippen molar-refractivity contribution < 1.29 is 0 Å². The summed E-state index contributed by atoms with van der Waals surface area (Å²) in [4.78, 5) is 0. The fourth-order valence-corrected chi connectivity index (χ4v) is 10.4. The van der Waals surface area contributed by atoms with Gasteiger partial charge in [0.15, 0.2) is 0 Å². The average Bonchev–Trinajstić information content (AvgIpc) is 3.59. The maximum atomic E-state index is 2.49. The topological polar surface area (TPSA) is 0 Å². The molecule has 0 amide bonds. The number of fused-ring (bicyclic) bond motifs is 5. The van der Waals surface area contributed by atoms with Crippen molar-refractivity contribution >= 4 is 5.57 Å². The van der Waals surface area contributed by atoms with Crippen molar-refractivity contribution in [3.63, 3.8) is 0 Å². The van der Waals surface area contributed by atoms with Gasteiger partial charge in [0.05, 0.1) is 0 Å². The second-order valence-electron chi connectivity index (χ2n) is 19.2. The lowest BCUT2D eigenvalue weighted by Gasteiger charge is -2.31. The molecule has 0 aliphatic heterocycles. The van der Waals surface area contributed by atoms with Crippen molar-refractivity contribution in [1.29, 1.82) is 0 Å². The van der Waals surface area contributed by atoms with Gasteiger partial charge in [0, 0.05) is 10.8 Å². The minimum atomic E-state index is 0.0248. The van der Waals surface area contributed by atoms with E-state index in [4.69, 9.17) is 0 Å². The zero-order valence-electron chi connectivity index (χ0n) is 37.9. The fraction of sp³-hybridized carbons (Fsp3) is 0.333. The van der Waals surface area contributed by atoms with Crippen LogP contribution in [0.5, 0.6) is 0 Å². The van der Waals surface area contributed by atoms with E-state index in [9.17, 15) is 0 Å². The van der Waals surface area contributed by atoms with E-state index >= 15 is 0 Å². The highest BCUT2D eigenvalue weighted by Gasteiger charge is 2.39. The quantitative estimate of drug-likeness (QED) is 0.158. The molecule has 0 saturated heterocycles. The van der Waals surface area contributed by atoms with E-state index < -0.39 is 0 Å². The lowest BCUT2D eigenvalue weighted by atomic mass is 9.73. The summed E-state index contributed by atoms with van der Waals surface area (Å²) in [6, 6.07) is 47.7. The van der Waals surface area contributed by atoms with Gasteiger partial charge in [-0.1, -0.05) is 213 Å². The van der Waals surface area contributed by atoms with Gasteiger partial charge in [0.25, 0.3) is 0 Å². The highest BCUT2D eigenvalue weighted by Crippen LogP contribution is 2.53. The molecule has 1 saturated carbocycles. The normalized spacial score (nSPS) is 17.6. The van der Waals surface area contributed by atoms with E-state index in [1.165, 1.54) is 128 Å². The Kier molecular flexibility index (Phi) is 11.8. The molecule has 6 aromatic rings. The van der Waals surface area contributed by atoms with Gasteiger partial charge < -0.3 is 0 Å². The molecule has 0 N–H and O–H groups in total. The van der Waals surface area contributed by atoms with Crippen LogP contribution < -0.4 is 0 Å². The standard InChI is InChI=1S/C33H32.C22H22.C5H12/c1-21-15-17-27-28-18-16-24(20-31(28)33(3,4)30(27)19-21)26-13-8-14-29(32(26)23-10-7-11-23)25-12-6-5-9-22(25)2;1-15-9-11-18-19-12-10-17(16-7-5-4-6-8-16)14-21(19)22(2,3)20(18)13-15;1-3-5-4-2/h5-6,8-9,12-20,23H,7,10-11H2,1-4H3;4-12,14-15H,13H2,1-3H3;3-5H2,1-2H3. The fourth-order valence-electron chi connectivity index (χ4n) is 10.4. The van der Waals surface area contributed by atoms with E-state index in [1.807, 2.05) is 0 Å². The van der Waals surface area contributed by atoms with E-state index in [2.05, 4.69) is 202 Å². The summed E-state index contributed by atoms with van der Waals surface area (Å²) in [5.74, 6) is 1.32. The molecule has 6 aromatic carbocycles. The first-order valence-electron chi connectivity index (χ1n) is 23.0. The van der Waals surface area contributed by atoms with Crippen LogP contribution in [0, 0.1) is 19.8 Å². The average molecular weight is 787 g/mol. The van der Waals surface area contributed by atoms with Crippen LogP contribution in [-0.2, 0) is 10.8 Å². The molecule has 306 valence electrons. The zero-order chi connectivity index (χ0) is 42.2. The summed E-state index contributed by atoms with van der Waals surface area (Å²) in [7, 11) is 0. The molecule has 0 aromatic heterocycles. The molecule has 60 heavy (non-hydrogen) atoms. The Hall–Kier alpha value is -5.20. The highest BCUT2D eigenvalue weighted by atomic mass is 14.4. The van der Waals surface area contributed by atoms with Gasteiger partial charge in [-0.3, -0.25) is 0 Å². The SMILES string of the molecule is CC1C=CC2=C(C1)C(C)(C)c1cc(-c3ccccc3)ccc12.CCCCC.Cc1ccc2c(c1)C(C)(C)c1cc(-c3cccc(-c4ccccc4C)c3C3CCC3)ccc1-2. The minimum Gasteiger partial charge on any atom is -0.0808 e. The summed E-state index contributed by atoms with van der Waals surface area (Å²) >= 11 is 0. The molecule has 0 nitrogen and oxygen atoms in total. The van der Waals surface area contributed by atoms with Gasteiger partial charge >= 0.3 is 0 Å². The Morgan fingerprint density at radius 2 is 1.13 bits per heavy atom. The van der Waals surface area contributed by atoms with E-state index in [0.29, 0.717) is 11.8 Å². The van der Waals surface area contributed by atoms with Crippen LogP contribution >= 0.6 is 0 Å². The third-order valence-corrected chi connectivity index (χ3v) is 14.2. The first-order valence-corrected chi connectivity index (χ1v) is 23.0. The second-order valence-corrected chi connectivity index (χ2v) is 19.2. The maximum absolute atomic E-state index is 2.49. The Morgan fingerprint density at radius 3 is 1.82 bits per heavy atom. The minimum absolute atomic E-state index is 0.0248. The molecule has 1 atom stereocenters. The molecular formula is C60H66. The number of hydrogen-bond acceptors (Lipinski definition) is 0. The molecule has 4 aliphatic rings. The highest BCUT2D eigenvalue weighted by molar-refractivity contribution is 5.89. The molecule has 10 rings (SSSR count). The third kappa shape index (κ3) is 7.68. The Bertz CT molecular complexity index is 2560. The number of aryl methyl sites for hydroxylation is 2. The lowest BCUT2D eigenvalue weighted by molar-refractivity contribution is 0.421. The van der Waals surface area contributed by atoms with Crippen molar-refractivity contribution in [1.82, 2.24) is 0 Å². The smallest absolute Gasteiger partial charge is 0.0159 e. The molecule has 1 fully saturated rings. The van der Waals surface area contributed by atoms with Gasteiger partial charge in [-0.05, 0) is 141 Å². The maximum Gasteiger partial charge on any atom is 0.0159 e. The first-order chi connectivity index (χ1) is 28.9. The second kappa shape index (κ2) is 17.0. The predicted octanol–water partition coefficient (Wildman–Crippen LogP) is 17.4. The molecule has 0 spiro atoms. The largest absolute Gasteiger partial charge is 0.0808 e. The number of hydrogen-bond donors (Lipinski definition) is 0. The molecule has 0 radical (unpaired) electrons. The predicted molar refractivity (Wildman–Crippen MR) is 261 cm³/mol. The van der Waals surface area contributed by atoms with Crippen molar-refractivity contribution in [3.8, 4) is 44.5 Å². The van der Waals surface area contributed by atoms with Gasteiger partial charge in [-0.2, -0.15) is 0 Å². The van der Waals surface area contributed by atoms with Crippen LogP contribution in [0.1, 0.15) is 138 Å². The van der Waals surface area contributed by atoms with Gasteiger partial charge in [0.1, 0.15) is 0 Å². The summed E-state index contributed by atoms with van der Waals surface area (Å²) in [6.45, 7) is 20.7. The van der Waals surface area contributed by atoms with Crippen LogP contribution in [0.4, 0.5) is 0 Å². The van der Waals surface area contributed by atoms with Gasteiger partial charge in [-0.15, -0.1) is 0 Å². The number of benzene rings is 6. The number of allylic oxidation sites excluding steroid dienone is 4. The molecule has 0 heterocycles. The van der Waals surface area contributed by atoms with E-state index in [0.717, 1.165) is 0 Å². The lowest BCUT2D eigenvalue weighted by Crippen LogP contribution is -2.19. The van der Waals surface area contributed by atoms with Crippen LogP contribution in [0.25, 0.3) is 50.1 Å². The Labute approximate surface area is 362 Å². The molecule has 4 aliphatic carbocycles. The molecule has 0 heteroatoms. The van der Waals surface area contributed by atoms with Crippen LogP contribution in [-0.4, -0.2) is 0 Å². The first kappa shape index (κ1) is 41.5. The number of unbranched alkanes of at least 4 members (excludes halogenated alkanes) is 2. The van der Waals surface area contributed by atoms with Crippen molar-refractivity contribution in [2.75, 3.05) is 0 Å². The summed E-state index contributed by atoms with van der Waals surface area (Å²) in [6.07, 6.45) is 13.9. The zero-order valence-corrected chi connectivity index (χ0v) is 37.9. The van der Waals surface area contributed by atoms with Crippen molar-refractivity contribution in [3.05, 3.63) is 184 Å².